The van der Waals surface area contributed by atoms with E-state index in [2.05, 4.69) is 34.9 Å². The van der Waals surface area contributed by atoms with Crippen molar-refractivity contribution in [2.45, 2.75) is 51.5 Å². The van der Waals surface area contributed by atoms with Crippen LogP contribution in [0.4, 0.5) is 4.79 Å². The molecular weight excluding hydrogens is 420 g/mol. The number of rotatable bonds is 11. The fraction of sp³-hybridized carbons (Fsp3) is 0.423. The van der Waals surface area contributed by atoms with Crippen LogP contribution in [-0.4, -0.2) is 42.3 Å². The van der Waals surface area contributed by atoms with Gasteiger partial charge in [0.1, 0.15) is 12.6 Å². The van der Waals surface area contributed by atoms with Crippen LogP contribution in [0.5, 0.6) is 0 Å². The number of fused-ring (bicyclic) bond motifs is 3. The van der Waals surface area contributed by atoms with Crippen LogP contribution in [0.15, 0.2) is 48.5 Å². The summed E-state index contributed by atoms with van der Waals surface area (Å²) in [7, 11) is 0. The van der Waals surface area contributed by atoms with E-state index in [1.807, 2.05) is 38.1 Å². The molecule has 7 heteroatoms. The summed E-state index contributed by atoms with van der Waals surface area (Å²) in [4.78, 5) is 35.4. The van der Waals surface area contributed by atoms with E-state index in [0.29, 0.717) is 25.8 Å². The minimum Gasteiger partial charge on any atom is -0.480 e. The lowest BCUT2D eigenvalue weighted by molar-refractivity contribution is -0.142. The van der Waals surface area contributed by atoms with Gasteiger partial charge in [-0.1, -0.05) is 62.4 Å². The highest BCUT2D eigenvalue weighted by atomic mass is 16.5. The number of hydrogen-bond donors (Lipinski definition) is 3. The van der Waals surface area contributed by atoms with Crippen molar-refractivity contribution < 1.29 is 24.2 Å². The van der Waals surface area contributed by atoms with Crippen molar-refractivity contribution in [3.8, 4) is 11.1 Å². The van der Waals surface area contributed by atoms with Crippen molar-refractivity contribution >= 4 is 18.0 Å². The molecule has 3 N–H and O–H groups in total. The van der Waals surface area contributed by atoms with E-state index in [1.54, 1.807) is 0 Å². The zero-order valence-electron chi connectivity index (χ0n) is 19.2. The van der Waals surface area contributed by atoms with Gasteiger partial charge < -0.3 is 20.5 Å². The maximum absolute atomic E-state index is 12.2. The van der Waals surface area contributed by atoms with E-state index in [9.17, 15) is 19.5 Å². The zero-order chi connectivity index (χ0) is 23.8. The molecule has 2 amide bonds. The van der Waals surface area contributed by atoms with Crippen LogP contribution < -0.4 is 10.6 Å². The Balaban J connectivity index is 1.37. The average Bonchev–Trinajstić information content (AvgIpc) is 3.10. The van der Waals surface area contributed by atoms with Crippen LogP contribution in [-0.2, 0) is 14.3 Å². The fourth-order valence-electron chi connectivity index (χ4n) is 4.21. The van der Waals surface area contributed by atoms with Crippen LogP contribution in [0.2, 0.25) is 0 Å². The lowest BCUT2D eigenvalue weighted by atomic mass is 9.98. The van der Waals surface area contributed by atoms with Gasteiger partial charge in [0.2, 0.25) is 5.91 Å². The van der Waals surface area contributed by atoms with Gasteiger partial charge in [0.15, 0.2) is 0 Å². The monoisotopic (exact) mass is 452 g/mol. The first-order valence-electron chi connectivity index (χ1n) is 11.5. The van der Waals surface area contributed by atoms with Gasteiger partial charge in [-0.05, 0) is 47.4 Å². The molecule has 3 rings (SSSR count). The highest BCUT2D eigenvalue weighted by Gasteiger charge is 2.29. The number of nitrogens with one attached hydrogen (secondary N) is 2. The molecule has 33 heavy (non-hydrogen) atoms. The first-order valence-corrected chi connectivity index (χ1v) is 11.5. The van der Waals surface area contributed by atoms with E-state index >= 15 is 0 Å². The zero-order valence-corrected chi connectivity index (χ0v) is 19.2. The number of aliphatic carboxylic acids is 1. The normalized spacial score (nSPS) is 13.2. The van der Waals surface area contributed by atoms with Gasteiger partial charge in [-0.25, -0.2) is 9.59 Å². The predicted octanol–water partition coefficient (Wildman–Crippen LogP) is 4.31. The van der Waals surface area contributed by atoms with Crippen LogP contribution in [0.1, 0.15) is 56.6 Å². The Morgan fingerprint density at radius 1 is 0.970 bits per heavy atom. The Labute approximate surface area is 194 Å². The molecule has 0 bridgehead atoms. The first kappa shape index (κ1) is 24.3. The molecule has 176 valence electrons. The second-order valence-corrected chi connectivity index (χ2v) is 8.80. The molecule has 0 heterocycles. The van der Waals surface area contributed by atoms with Gasteiger partial charge in [-0.3, -0.25) is 4.79 Å². The summed E-state index contributed by atoms with van der Waals surface area (Å²) in [5.74, 6) is -1.12. The number of benzene rings is 2. The van der Waals surface area contributed by atoms with Gasteiger partial charge in [-0.15, -0.1) is 0 Å². The quantitative estimate of drug-likeness (QED) is 0.441. The summed E-state index contributed by atoms with van der Waals surface area (Å²) in [5, 5.41) is 14.5. The van der Waals surface area contributed by atoms with Crippen molar-refractivity contribution in [1.82, 2.24) is 10.6 Å². The van der Waals surface area contributed by atoms with E-state index in [4.69, 9.17) is 4.74 Å². The summed E-state index contributed by atoms with van der Waals surface area (Å²) in [6.07, 6.45) is 1.27. The number of ether oxygens (including phenoxy) is 1. The molecule has 0 aliphatic heterocycles. The molecule has 2 aromatic rings. The topological polar surface area (TPSA) is 105 Å². The Morgan fingerprint density at radius 3 is 2.15 bits per heavy atom. The molecule has 0 saturated carbocycles. The number of carbonyl (C=O) groups excluding carboxylic acids is 2. The third-order valence-electron chi connectivity index (χ3n) is 5.78. The minimum atomic E-state index is -1.02. The number of hydrogen-bond acceptors (Lipinski definition) is 4. The van der Waals surface area contributed by atoms with Crippen molar-refractivity contribution in [2.24, 2.45) is 5.92 Å². The van der Waals surface area contributed by atoms with E-state index in [-0.39, 0.29) is 30.8 Å². The van der Waals surface area contributed by atoms with Crippen LogP contribution >= 0.6 is 0 Å². The Hall–Kier alpha value is -3.35. The molecule has 0 spiro atoms. The fourth-order valence-corrected chi connectivity index (χ4v) is 4.21. The molecule has 1 atom stereocenters. The highest BCUT2D eigenvalue weighted by Crippen LogP contribution is 2.44. The molecule has 1 aliphatic carbocycles. The standard InChI is InChI=1S/C26H32N2O5/c1-17(2)15-23(25(30)31)28-24(29)13-7-8-14-27-26(32)33-16-22-20-11-5-3-9-18(20)19-10-4-6-12-21(19)22/h3-6,9-12,17,22-23H,7-8,13-16H2,1-2H3,(H,27,32)(H,28,29)(H,30,31)/t23-/m1/s1. The SMILES string of the molecule is CC(C)C[C@@H](NC(=O)CCCCNC(=O)OCC1c2ccccc2-c2ccccc21)C(=O)O. The van der Waals surface area contributed by atoms with Crippen molar-refractivity contribution in [3.05, 3.63) is 59.7 Å². The summed E-state index contributed by atoms with van der Waals surface area (Å²) >= 11 is 0. The van der Waals surface area contributed by atoms with Gasteiger partial charge in [-0.2, -0.15) is 0 Å². The molecular formula is C26H32N2O5. The number of carboxylic acids is 1. The molecule has 0 radical (unpaired) electrons. The van der Waals surface area contributed by atoms with Crippen molar-refractivity contribution in [2.75, 3.05) is 13.2 Å². The van der Waals surface area contributed by atoms with Gasteiger partial charge >= 0.3 is 12.1 Å². The molecule has 0 fully saturated rings. The average molecular weight is 453 g/mol. The second-order valence-electron chi connectivity index (χ2n) is 8.80. The number of carbonyl (C=O) groups is 3. The van der Waals surface area contributed by atoms with E-state index in [0.717, 1.165) is 11.1 Å². The molecule has 0 aromatic heterocycles. The smallest absolute Gasteiger partial charge is 0.407 e. The maximum atomic E-state index is 12.2. The lowest BCUT2D eigenvalue weighted by Gasteiger charge is -2.16. The van der Waals surface area contributed by atoms with Crippen LogP contribution in [0, 0.1) is 5.92 Å². The lowest BCUT2D eigenvalue weighted by Crippen LogP contribution is -2.41. The predicted molar refractivity (Wildman–Crippen MR) is 126 cm³/mol. The van der Waals surface area contributed by atoms with Crippen LogP contribution in [0.25, 0.3) is 11.1 Å². The number of amides is 2. The van der Waals surface area contributed by atoms with Gasteiger partial charge in [0.05, 0.1) is 0 Å². The highest BCUT2D eigenvalue weighted by molar-refractivity contribution is 5.83. The summed E-state index contributed by atoms with van der Waals surface area (Å²) in [5.41, 5.74) is 4.68. The Bertz CT molecular complexity index is 943. The molecule has 2 aromatic carbocycles. The third-order valence-corrected chi connectivity index (χ3v) is 5.78. The molecule has 1 aliphatic rings. The first-order chi connectivity index (χ1) is 15.9. The Morgan fingerprint density at radius 2 is 1.58 bits per heavy atom. The summed E-state index contributed by atoms with van der Waals surface area (Å²) < 4.78 is 5.49. The summed E-state index contributed by atoms with van der Waals surface area (Å²) in [6, 6.07) is 15.5. The number of unbranched alkanes of at least 4 members (excludes halogenated alkanes) is 1. The number of carboxylic acid groups (broad SMARTS) is 1. The molecule has 0 saturated heterocycles. The van der Waals surface area contributed by atoms with E-state index in [1.165, 1.54) is 11.1 Å². The van der Waals surface area contributed by atoms with Crippen molar-refractivity contribution in [1.29, 1.82) is 0 Å². The maximum Gasteiger partial charge on any atom is 0.407 e. The third kappa shape index (κ3) is 6.57. The van der Waals surface area contributed by atoms with Gasteiger partial charge in [0, 0.05) is 18.9 Å². The van der Waals surface area contributed by atoms with Crippen molar-refractivity contribution in [3.63, 3.8) is 0 Å². The largest absolute Gasteiger partial charge is 0.480 e. The van der Waals surface area contributed by atoms with Crippen LogP contribution in [0.3, 0.4) is 0 Å². The molecule has 0 unspecified atom stereocenters. The van der Waals surface area contributed by atoms with E-state index < -0.39 is 18.1 Å². The van der Waals surface area contributed by atoms with Gasteiger partial charge in [0.25, 0.3) is 0 Å². The summed E-state index contributed by atoms with van der Waals surface area (Å²) in [6.45, 7) is 4.47. The molecule has 7 nitrogen and oxygen atoms in total. The second kappa shape index (κ2) is 11.5. The minimum absolute atomic E-state index is 0.0138. The Kier molecular flexibility index (Phi) is 8.46. The number of alkyl carbamates (subject to hydrolysis) is 1.